The highest BCUT2D eigenvalue weighted by Crippen LogP contribution is 2.20. The van der Waals surface area contributed by atoms with E-state index in [0.29, 0.717) is 22.6 Å². The predicted molar refractivity (Wildman–Crippen MR) is 57.0 cm³/mol. The highest BCUT2D eigenvalue weighted by molar-refractivity contribution is 6.31. The molecule has 78 valence electrons. The lowest BCUT2D eigenvalue weighted by atomic mass is 10.1. The second-order valence-electron chi connectivity index (χ2n) is 3.02. The number of nitrogens with zero attached hydrogens (tertiary/aromatic N) is 1. The van der Waals surface area contributed by atoms with E-state index in [1.165, 1.54) is 0 Å². The van der Waals surface area contributed by atoms with Crippen molar-refractivity contribution in [3.63, 3.8) is 0 Å². The minimum absolute atomic E-state index is 0.0655. The summed E-state index contributed by atoms with van der Waals surface area (Å²) in [6.07, 6.45) is 0. The van der Waals surface area contributed by atoms with Crippen molar-refractivity contribution in [2.75, 3.05) is 5.88 Å². The van der Waals surface area contributed by atoms with Gasteiger partial charge in [0, 0.05) is 5.56 Å². The highest BCUT2D eigenvalue weighted by Gasteiger charge is 2.13. The third-order valence-corrected chi connectivity index (χ3v) is 2.30. The molecule has 5 heteroatoms. The zero-order chi connectivity index (χ0) is 10.8. The molecular weight excluding hydrogens is 216 g/mol. The summed E-state index contributed by atoms with van der Waals surface area (Å²) in [5.41, 5.74) is 6.98. The van der Waals surface area contributed by atoms with Gasteiger partial charge in [-0.1, -0.05) is 6.07 Å². The van der Waals surface area contributed by atoms with Crippen LogP contribution in [0.3, 0.4) is 0 Å². The molecule has 0 saturated heterocycles. The molecule has 0 atom stereocenters. The second kappa shape index (κ2) is 4.00. The summed E-state index contributed by atoms with van der Waals surface area (Å²) < 4.78 is 5.32. The fourth-order valence-electron chi connectivity index (χ4n) is 1.38. The molecule has 1 heterocycles. The van der Waals surface area contributed by atoms with Crippen LogP contribution in [0.25, 0.3) is 11.1 Å². The SMILES string of the molecule is NCc1nc2c(C(=O)CCl)cccc2o1. The van der Waals surface area contributed by atoms with E-state index in [2.05, 4.69) is 4.98 Å². The number of carbonyl (C=O) groups excluding carboxylic acids is 1. The van der Waals surface area contributed by atoms with Gasteiger partial charge in [0.2, 0.25) is 5.89 Å². The van der Waals surface area contributed by atoms with Gasteiger partial charge >= 0.3 is 0 Å². The van der Waals surface area contributed by atoms with E-state index in [9.17, 15) is 4.79 Å². The zero-order valence-corrected chi connectivity index (χ0v) is 8.62. The number of halogens is 1. The van der Waals surface area contributed by atoms with Crippen molar-refractivity contribution in [2.45, 2.75) is 6.54 Å². The Kier molecular flexibility index (Phi) is 2.70. The van der Waals surface area contributed by atoms with E-state index in [4.69, 9.17) is 21.8 Å². The number of rotatable bonds is 3. The van der Waals surface area contributed by atoms with E-state index in [-0.39, 0.29) is 18.2 Å². The molecule has 15 heavy (non-hydrogen) atoms. The van der Waals surface area contributed by atoms with Gasteiger partial charge in [-0.15, -0.1) is 11.6 Å². The molecular formula is C10H9ClN2O2. The standard InChI is InChI=1S/C10H9ClN2O2/c11-4-7(14)6-2-1-3-8-10(6)13-9(5-12)15-8/h1-3H,4-5,12H2. The fourth-order valence-corrected chi connectivity index (χ4v) is 1.52. The Bertz CT molecular complexity index is 507. The van der Waals surface area contributed by atoms with Crippen LogP contribution >= 0.6 is 11.6 Å². The van der Waals surface area contributed by atoms with Gasteiger partial charge in [0.15, 0.2) is 11.4 Å². The number of aromatic nitrogens is 1. The maximum absolute atomic E-state index is 11.5. The van der Waals surface area contributed by atoms with E-state index in [0.717, 1.165) is 0 Å². The molecule has 0 spiro atoms. The van der Waals surface area contributed by atoms with Crippen molar-refractivity contribution in [1.82, 2.24) is 4.98 Å². The van der Waals surface area contributed by atoms with Crippen LogP contribution < -0.4 is 5.73 Å². The number of alkyl halides is 1. The minimum atomic E-state index is -0.167. The molecule has 0 unspecified atom stereocenters. The molecule has 0 saturated carbocycles. The number of carbonyl (C=O) groups is 1. The number of oxazole rings is 1. The van der Waals surface area contributed by atoms with E-state index >= 15 is 0 Å². The highest BCUT2D eigenvalue weighted by atomic mass is 35.5. The van der Waals surface area contributed by atoms with Crippen LogP contribution in [0.5, 0.6) is 0 Å². The Hall–Kier alpha value is -1.39. The van der Waals surface area contributed by atoms with Gasteiger partial charge in [0.25, 0.3) is 0 Å². The number of hydrogen-bond acceptors (Lipinski definition) is 4. The van der Waals surface area contributed by atoms with Crippen molar-refractivity contribution in [3.05, 3.63) is 29.7 Å². The number of Topliss-reactive ketones (excluding diaryl/α,β-unsaturated/α-hetero) is 1. The Morgan fingerprint density at radius 1 is 1.53 bits per heavy atom. The monoisotopic (exact) mass is 224 g/mol. The molecule has 1 aromatic heterocycles. The maximum Gasteiger partial charge on any atom is 0.209 e. The van der Waals surface area contributed by atoms with Gasteiger partial charge in [-0.2, -0.15) is 0 Å². The zero-order valence-electron chi connectivity index (χ0n) is 7.87. The summed E-state index contributed by atoms with van der Waals surface area (Å²) in [7, 11) is 0. The molecule has 2 aromatic rings. The topological polar surface area (TPSA) is 69.1 Å². The Balaban J connectivity index is 2.64. The number of fused-ring (bicyclic) bond motifs is 1. The first-order valence-electron chi connectivity index (χ1n) is 4.44. The van der Waals surface area contributed by atoms with E-state index in [1.807, 2.05) is 0 Å². The van der Waals surface area contributed by atoms with Crippen LogP contribution in [-0.4, -0.2) is 16.6 Å². The minimum Gasteiger partial charge on any atom is -0.439 e. The Morgan fingerprint density at radius 2 is 2.33 bits per heavy atom. The van der Waals surface area contributed by atoms with Crippen LogP contribution in [0.2, 0.25) is 0 Å². The number of para-hydroxylation sites is 1. The van der Waals surface area contributed by atoms with Gasteiger partial charge in [-0.3, -0.25) is 4.79 Å². The number of benzene rings is 1. The molecule has 0 bridgehead atoms. The first-order chi connectivity index (χ1) is 7.26. The van der Waals surface area contributed by atoms with Crippen molar-refractivity contribution >= 4 is 28.5 Å². The van der Waals surface area contributed by atoms with Crippen molar-refractivity contribution in [2.24, 2.45) is 5.73 Å². The summed E-state index contributed by atoms with van der Waals surface area (Å²) >= 11 is 5.49. The molecule has 0 radical (unpaired) electrons. The summed E-state index contributed by atoms with van der Waals surface area (Å²) in [6.45, 7) is 0.211. The second-order valence-corrected chi connectivity index (χ2v) is 3.29. The Morgan fingerprint density at radius 3 is 3.00 bits per heavy atom. The van der Waals surface area contributed by atoms with Crippen LogP contribution in [0.4, 0.5) is 0 Å². The average molecular weight is 225 g/mol. The molecule has 0 amide bonds. The molecule has 2 rings (SSSR count). The first kappa shape index (κ1) is 10.1. The van der Waals surface area contributed by atoms with Crippen molar-refractivity contribution in [3.8, 4) is 0 Å². The Labute approximate surface area is 91.0 Å². The van der Waals surface area contributed by atoms with Gasteiger partial charge in [-0.25, -0.2) is 4.98 Å². The lowest BCUT2D eigenvalue weighted by Gasteiger charge is -1.95. The number of nitrogens with two attached hydrogens (primary N) is 1. The van der Waals surface area contributed by atoms with Gasteiger partial charge < -0.3 is 10.2 Å². The molecule has 2 N–H and O–H groups in total. The normalized spacial score (nSPS) is 10.8. The van der Waals surface area contributed by atoms with Crippen LogP contribution in [0.1, 0.15) is 16.2 Å². The molecule has 0 aliphatic rings. The fraction of sp³-hybridized carbons (Fsp3) is 0.200. The lowest BCUT2D eigenvalue weighted by molar-refractivity contribution is 0.102. The van der Waals surface area contributed by atoms with Crippen LogP contribution in [0, 0.1) is 0 Å². The average Bonchev–Trinajstić information content (AvgIpc) is 2.70. The lowest BCUT2D eigenvalue weighted by Crippen LogP contribution is -2.01. The van der Waals surface area contributed by atoms with Gasteiger partial charge in [0.1, 0.15) is 5.52 Å². The van der Waals surface area contributed by atoms with Crippen LogP contribution in [0.15, 0.2) is 22.6 Å². The van der Waals surface area contributed by atoms with Gasteiger partial charge in [0.05, 0.1) is 12.4 Å². The van der Waals surface area contributed by atoms with E-state index < -0.39 is 0 Å². The summed E-state index contributed by atoms with van der Waals surface area (Å²) in [5.74, 6) is 0.183. The van der Waals surface area contributed by atoms with Crippen molar-refractivity contribution < 1.29 is 9.21 Å². The first-order valence-corrected chi connectivity index (χ1v) is 4.97. The summed E-state index contributed by atoms with van der Waals surface area (Å²) in [5, 5.41) is 0. The third kappa shape index (κ3) is 1.73. The summed E-state index contributed by atoms with van der Waals surface area (Å²) in [6, 6.07) is 5.15. The third-order valence-electron chi connectivity index (χ3n) is 2.06. The largest absolute Gasteiger partial charge is 0.439 e. The molecule has 0 fully saturated rings. The predicted octanol–water partition coefficient (Wildman–Crippen LogP) is 1.71. The molecule has 1 aromatic carbocycles. The quantitative estimate of drug-likeness (QED) is 0.637. The maximum atomic E-state index is 11.5. The molecule has 4 nitrogen and oxygen atoms in total. The number of ketones is 1. The summed E-state index contributed by atoms with van der Waals surface area (Å²) in [4.78, 5) is 15.6. The number of hydrogen-bond donors (Lipinski definition) is 1. The van der Waals surface area contributed by atoms with E-state index in [1.54, 1.807) is 18.2 Å². The smallest absolute Gasteiger partial charge is 0.209 e. The van der Waals surface area contributed by atoms with Gasteiger partial charge in [-0.05, 0) is 12.1 Å². The van der Waals surface area contributed by atoms with Crippen molar-refractivity contribution in [1.29, 1.82) is 0 Å². The molecule has 0 aliphatic heterocycles. The van der Waals surface area contributed by atoms with Crippen LogP contribution in [-0.2, 0) is 6.54 Å². The molecule has 0 aliphatic carbocycles.